The normalized spacial score (nSPS) is 19.1. The summed E-state index contributed by atoms with van der Waals surface area (Å²) in [4.78, 5) is 52.7. The van der Waals surface area contributed by atoms with Gasteiger partial charge in [-0.1, -0.05) is 6.07 Å². The Morgan fingerprint density at radius 1 is 1.11 bits per heavy atom. The Morgan fingerprint density at radius 3 is 2.63 bits per heavy atom. The number of imide groups is 1. The summed E-state index contributed by atoms with van der Waals surface area (Å²) >= 11 is 0. The standard InChI is InChI=1S/C23H17N7O5/c1-34-13-3-2-11-10-30(19(31)14(11)6-13)23(20(32)28-22(33)29-23)18-7-16-17(35-18)5-4-15(27-16)12-8-25-21(24)26-9-12/h2-9H,10H2,1H3,(H2,24,25,26)(H2,28,29,32,33)/t23-/m1/s1. The minimum Gasteiger partial charge on any atom is -0.497 e. The number of pyridine rings is 1. The van der Waals surface area contributed by atoms with Crippen molar-refractivity contribution in [1.29, 1.82) is 0 Å². The molecule has 3 aromatic heterocycles. The summed E-state index contributed by atoms with van der Waals surface area (Å²) in [5.41, 5.74) is 6.67. The van der Waals surface area contributed by atoms with Gasteiger partial charge >= 0.3 is 6.03 Å². The van der Waals surface area contributed by atoms with E-state index >= 15 is 0 Å². The lowest BCUT2D eigenvalue weighted by molar-refractivity contribution is -0.131. The van der Waals surface area contributed by atoms with E-state index in [1.54, 1.807) is 30.3 Å². The molecule has 1 atom stereocenters. The summed E-state index contributed by atoms with van der Waals surface area (Å²) in [5.74, 6) is -0.507. The zero-order valence-electron chi connectivity index (χ0n) is 18.2. The molecule has 1 aromatic carbocycles. The number of anilines is 1. The van der Waals surface area contributed by atoms with Crippen LogP contribution in [-0.4, -0.2) is 44.8 Å². The molecule has 0 bridgehead atoms. The highest BCUT2D eigenvalue weighted by molar-refractivity contribution is 6.11. The lowest BCUT2D eigenvalue weighted by Gasteiger charge is -2.33. The van der Waals surface area contributed by atoms with Crippen LogP contribution < -0.4 is 21.1 Å². The van der Waals surface area contributed by atoms with Gasteiger partial charge in [-0.05, 0) is 29.8 Å². The molecule has 4 aromatic rings. The molecule has 0 spiro atoms. The van der Waals surface area contributed by atoms with Crippen molar-refractivity contribution in [2.24, 2.45) is 0 Å². The van der Waals surface area contributed by atoms with Crippen LogP contribution in [0.2, 0.25) is 0 Å². The molecule has 0 saturated carbocycles. The van der Waals surface area contributed by atoms with E-state index in [1.165, 1.54) is 30.5 Å². The van der Waals surface area contributed by atoms with E-state index in [0.29, 0.717) is 39.2 Å². The lowest BCUT2D eigenvalue weighted by atomic mass is 10.1. The van der Waals surface area contributed by atoms with Gasteiger partial charge in [0.2, 0.25) is 5.95 Å². The number of urea groups is 1. The summed E-state index contributed by atoms with van der Waals surface area (Å²) in [6, 6.07) is 9.22. The number of fused-ring (bicyclic) bond motifs is 2. The smallest absolute Gasteiger partial charge is 0.324 e. The predicted molar refractivity (Wildman–Crippen MR) is 121 cm³/mol. The fourth-order valence-corrected chi connectivity index (χ4v) is 4.35. The van der Waals surface area contributed by atoms with Crippen LogP contribution in [0.5, 0.6) is 5.75 Å². The highest BCUT2D eigenvalue weighted by atomic mass is 16.5. The molecule has 12 heteroatoms. The van der Waals surface area contributed by atoms with Gasteiger partial charge in [-0.2, -0.15) is 0 Å². The van der Waals surface area contributed by atoms with Crippen molar-refractivity contribution in [2.75, 3.05) is 12.8 Å². The van der Waals surface area contributed by atoms with Crippen molar-refractivity contribution in [3.63, 3.8) is 0 Å². The first-order valence-corrected chi connectivity index (χ1v) is 10.5. The van der Waals surface area contributed by atoms with Crippen molar-refractivity contribution in [1.82, 2.24) is 30.5 Å². The molecule has 35 heavy (non-hydrogen) atoms. The molecule has 0 aliphatic carbocycles. The van der Waals surface area contributed by atoms with Crippen molar-refractivity contribution in [3.8, 4) is 17.0 Å². The van der Waals surface area contributed by atoms with Crippen LogP contribution in [0.3, 0.4) is 0 Å². The molecule has 0 unspecified atom stereocenters. The molecular formula is C23H17N7O5. The second-order valence-electron chi connectivity index (χ2n) is 8.05. The van der Waals surface area contributed by atoms with Gasteiger partial charge in [0.1, 0.15) is 11.3 Å². The van der Waals surface area contributed by atoms with Crippen LogP contribution in [0.25, 0.3) is 22.4 Å². The number of hydrogen-bond acceptors (Lipinski definition) is 9. The number of aromatic nitrogens is 3. The van der Waals surface area contributed by atoms with E-state index in [9.17, 15) is 14.4 Å². The second kappa shape index (κ2) is 7.25. The van der Waals surface area contributed by atoms with Crippen molar-refractivity contribution < 1.29 is 23.5 Å². The number of rotatable bonds is 4. The van der Waals surface area contributed by atoms with Crippen molar-refractivity contribution in [3.05, 3.63) is 65.7 Å². The average Bonchev–Trinajstić information content (AvgIpc) is 3.52. The zero-order chi connectivity index (χ0) is 24.3. The number of nitrogens with zero attached hydrogens (tertiary/aromatic N) is 4. The van der Waals surface area contributed by atoms with Gasteiger partial charge in [0.05, 0.1) is 19.3 Å². The molecule has 174 valence electrons. The number of nitrogens with one attached hydrogen (secondary N) is 2. The Hall–Kier alpha value is -5.00. The van der Waals surface area contributed by atoms with Crippen LogP contribution in [0.4, 0.5) is 10.7 Å². The van der Waals surface area contributed by atoms with Crippen LogP contribution in [0.15, 0.2) is 53.2 Å². The Kier molecular flexibility index (Phi) is 4.27. The van der Waals surface area contributed by atoms with E-state index in [4.69, 9.17) is 14.9 Å². The second-order valence-corrected chi connectivity index (χ2v) is 8.05. The van der Waals surface area contributed by atoms with E-state index in [-0.39, 0.29) is 18.3 Å². The average molecular weight is 471 g/mol. The number of nitrogens with two attached hydrogens (primary N) is 1. The van der Waals surface area contributed by atoms with E-state index in [0.717, 1.165) is 0 Å². The molecular weight excluding hydrogens is 454 g/mol. The van der Waals surface area contributed by atoms with Gasteiger partial charge in [-0.15, -0.1) is 0 Å². The molecule has 4 amide bonds. The fraction of sp³-hybridized carbons (Fsp3) is 0.130. The van der Waals surface area contributed by atoms with Crippen LogP contribution in [-0.2, 0) is 17.0 Å². The highest BCUT2D eigenvalue weighted by Crippen LogP contribution is 2.39. The molecule has 6 rings (SSSR count). The maximum atomic E-state index is 13.4. The van der Waals surface area contributed by atoms with Crippen molar-refractivity contribution >= 4 is 34.9 Å². The molecule has 0 radical (unpaired) electrons. The first-order valence-electron chi connectivity index (χ1n) is 10.5. The summed E-state index contributed by atoms with van der Waals surface area (Å²) in [7, 11) is 1.50. The molecule has 1 fully saturated rings. The summed E-state index contributed by atoms with van der Waals surface area (Å²) in [6.07, 6.45) is 3.08. The van der Waals surface area contributed by atoms with Crippen molar-refractivity contribution in [2.45, 2.75) is 12.2 Å². The number of methoxy groups -OCH3 is 1. The summed E-state index contributed by atoms with van der Waals surface area (Å²) in [5, 5.41) is 4.83. The maximum absolute atomic E-state index is 13.4. The number of nitrogen functional groups attached to an aromatic ring is 1. The Balaban J connectivity index is 1.46. The first kappa shape index (κ1) is 20.6. The SMILES string of the molecule is COc1ccc2c(c1)C(=O)N([C@@]1(c3cc4nc(-c5cnc(N)nc5)ccc4o3)NC(=O)NC1=O)C2. The molecule has 2 aliphatic rings. The summed E-state index contributed by atoms with van der Waals surface area (Å²) in [6.45, 7) is 0.0738. The van der Waals surface area contributed by atoms with Crippen LogP contribution in [0, 0.1) is 0 Å². The van der Waals surface area contributed by atoms with E-state index in [2.05, 4.69) is 25.6 Å². The molecule has 5 heterocycles. The maximum Gasteiger partial charge on any atom is 0.324 e. The Labute approximate surface area is 197 Å². The van der Waals surface area contributed by atoms with Gasteiger partial charge < -0.3 is 20.2 Å². The van der Waals surface area contributed by atoms with Gasteiger partial charge in [0.25, 0.3) is 17.5 Å². The zero-order valence-corrected chi connectivity index (χ0v) is 18.2. The van der Waals surface area contributed by atoms with Crippen LogP contribution in [0.1, 0.15) is 21.7 Å². The van der Waals surface area contributed by atoms with Gasteiger partial charge in [-0.3, -0.25) is 19.8 Å². The quantitative estimate of drug-likeness (QED) is 0.374. The predicted octanol–water partition coefficient (Wildman–Crippen LogP) is 1.52. The minimum atomic E-state index is -1.90. The molecule has 1 saturated heterocycles. The first-order chi connectivity index (χ1) is 16.9. The lowest BCUT2D eigenvalue weighted by Crippen LogP contribution is -2.57. The third-order valence-electron chi connectivity index (χ3n) is 6.07. The largest absolute Gasteiger partial charge is 0.497 e. The molecule has 4 N–H and O–H groups in total. The van der Waals surface area contributed by atoms with Crippen LogP contribution >= 0.6 is 0 Å². The molecule has 2 aliphatic heterocycles. The van der Waals surface area contributed by atoms with E-state index in [1.807, 2.05) is 0 Å². The fourth-order valence-electron chi connectivity index (χ4n) is 4.35. The van der Waals surface area contributed by atoms with Gasteiger partial charge in [0, 0.05) is 29.6 Å². The number of amides is 4. The Bertz CT molecular complexity index is 1550. The Morgan fingerprint density at radius 2 is 1.91 bits per heavy atom. The topological polar surface area (TPSA) is 166 Å². The molecule has 12 nitrogen and oxygen atoms in total. The number of carbonyl (C=O) groups is 3. The number of ether oxygens (including phenoxy) is 1. The van der Waals surface area contributed by atoms with Gasteiger partial charge in [-0.25, -0.2) is 19.7 Å². The third-order valence-corrected chi connectivity index (χ3v) is 6.07. The monoisotopic (exact) mass is 471 g/mol. The van der Waals surface area contributed by atoms with Gasteiger partial charge in [0.15, 0.2) is 11.3 Å². The summed E-state index contributed by atoms with van der Waals surface area (Å²) < 4.78 is 11.2. The van der Waals surface area contributed by atoms with E-state index < -0.39 is 23.5 Å². The number of carbonyl (C=O) groups excluding carboxylic acids is 3. The number of furan rings is 1. The minimum absolute atomic E-state index is 0.0437. The number of benzene rings is 1. The number of hydrogen-bond donors (Lipinski definition) is 3. The third kappa shape index (κ3) is 3.00. The highest BCUT2D eigenvalue weighted by Gasteiger charge is 2.58.